The standard InChI is InChI=1S/C6H12N2O2S/c1-6(8)2-4-11(9,10)5-3-7/h6H,2,4-5,8H2,1H3. The summed E-state index contributed by atoms with van der Waals surface area (Å²) in [5.41, 5.74) is 5.35. The van der Waals surface area contributed by atoms with Crippen molar-refractivity contribution in [3.05, 3.63) is 0 Å². The maximum absolute atomic E-state index is 10.9. The maximum Gasteiger partial charge on any atom is 0.163 e. The summed E-state index contributed by atoms with van der Waals surface area (Å²) in [4.78, 5) is 0. The Morgan fingerprint density at radius 1 is 1.64 bits per heavy atom. The van der Waals surface area contributed by atoms with Crippen LogP contribution in [0.25, 0.3) is 0 Å². The molecule has 1 unspecified atom stereocenters. The summed E-state index contributed by atoms with van der Waals surface area (Å²) in [6.07, 6.45) is 0.421. The van der Waals surface area contributed by atoms with Gasteiger partial charge in [-0.3, -0.25) is 0 Å². The van der Waals surface area contributed by atoms with Crippen LogP contribution in [0, 0.1) is 11.3 Å². The lowest BCUT2D eigenvalue weighted by molar-refractivity contribution is 0.590. The second kappa shape index (κ2) is 4.31. The van der Waals surface area contributed by atoms with Crippen molar-refractivity contribution < 1.29 is 8.42 Å². The predicted octanol–water partition coefficient (Wildman–Crippen LogP) is -0.338. The topological polar surface area (TPSA) is 84.0 Å². The highest BCUT2D eigenvalue weighted by molar-refractivity contribution is 7.91. The maximum atomic E-state index is 10.9. The number of nitrogens with two attached hydrogens (primary N) is 1. The van der Waals surface area contributed by atoms with E-state index in [0.717, 1.165) is 0 Å². The lowest BCUT2D eigenvalue weighted by Crippen LogP contribution is -2.21. The van der Waals surface area contributed by atoms with Crippen molar-refractivity contribution in [2.75, 3.05) is 11.5 Å². The molecular weight excluding hydrogens is 164 g/mol. The number of nitrogens with zero attached hydrogens (tertiary/aromatic N) is 1. The Balaban J connectivity index is 3.87. The first-order valence-electron chi connectivity index (χ1n) is 3.31. The lowest BCUT2D eigenvalue weighted by Gasteiger charge is -2.02. The molecule has 0 heterocycles. The molecule has 0 radical (unpaired) electrons. The third-order valence-electron chi connectivity index (χ3n) is 1.17. The van der Waals surface area contributed by atoms with Crippen LogP contribution in [-0.4, -0.2) is 26.0 Å². The van der Waals surface area contributed by atoms with Crippen molar-refractivity contribution in [1.82, 2.24) is 0 Å². The van der Waals surface area contributed by atoms with Gasteiger partial charge in [-0.1, -0.05) is 0 Å². The predicted molar refractivity (Wildman–Crippen MR) is 42.5 cm³/mol. The average molecular weight is 176 g/mol. The zero-order valence-corrected chi connectivity index (χ0v) is 7.26. The highest BCUT2D eigenvalue weighted by Gasteiger charge is 2.10. The van der Waals surface area contributed by atoms with Crippen LogP contribution in [0.2, 0.25) is 0 Å². The molecule has 2 N–H and O–H groups in total. The SMILES string of the molecule is CC(N)CCS(=O)(=O)CC#N. The molecule has 0 bridgehead atoms. The van der Waals surface area contributed by atoms with Crippen molar-refractivity contribution in [1.29, 1.82) is 5.26 Å². The van der Waals surface area contributed by atoms with Crippen molar-refractivity contribution in [2.45, 2.75) is 19.4 Å². The summed E-state index contributed by atoms with van der Waals surface area (Å²) in [7, 11) is -3.17. The van der Waals surface area contributed by atoms with E-state index >= 15 is 0 Å². The first-order chi connectivity index (χ1) is 4.98. The zero-order valence-electron chi connectivity index (χ0n) is 6.45. The number of sulfone groups is 1. The number of nitriles is 1. The Morgan fingerprint density at radius 2 is 2.18 bits per heavy atom. The second-order valence-corrected chi connectivity index (χ2v) is 4.70. The minimum Gasteiger partial charge on any atom is -0.328 e. The summed E-state index contributed by atoms with van der Waals surface area (Å²) in [6, 6.07) is 1.48. The van der Waals surface area contributed by atoms with Crippen LogP contribution < -0.4 is 5.73 Å². The number of hydrogen-bond donors (Lipinski definition) is 1. The third-order valence-corrected chi connectivity index (χ3v) is 2.60. The van der Waals surface area contributed by atoms with Crippen molar-refractivity contribution in [3.8, 4) is 6.07 Å². The molecule has 0 aromatic heterocycles. The molecule has 0 fully saturated rings. The molecule has 0 aliphatic rings. The largest absolute Gasteiger partial charge is 0.328 e. The van der Waals surface area contributed by atoms with Gasteiger partial charge >= 0.3 is 0 Å². The minimum atomic E-state index is -3.17. The first-order valence-corrected chi connectivity index (χ1v) is 5.13. The molecule has 5 heteroatoms. The molecule has 4 nitrogen and oxygen atoms in total. The quantitative estimate of drug-likeness (QED) is 0.635. The van der Waals surface area contributed by atoms with Gasteiger partial charge in [-0.05, 0) is 13.3 Å². The molecular formula is C6H12N2O2S. The van der Waals surface area contributed by atoms with Crippen LogP contribution >= 0.6 is 0 Å². The highest BCUT2D eigenvalue weighted by Crippen LogP contribution is 1.95. The molecule has 11 heavy (non-hydrogen) atoms. The van der Waals surface area contributed by atoms with E-state index in [1.54, 1.807) is 13.0 Å². The van der Waals surface area contributed by atoms with E-state index < -0.39 is 15.6 Å². The van der Waals surface area contributed by atoms with E-state index in [9.17, 15) is 8.42 Å². The Morgan fingerprint density at radius 3 is 2.55 bits per heavy atom. The Kier molecular flexibility index (Phi) is 4.08. The van der Waals surface area contributed by atoms with Gasteiger partial charge in [-0.2, -0.15) is 5.26 Å². The molecule has 0 spiro atoms. The smallest absolute Gasteiger partial charge is 0.163 e. The Labute approximate surface area is 66.9 Å². The molecule has 0 saturated heterocycles. The van der Waals surface area contributed by atoms with E-state index in [1.807, 2.05) is 0 Å². The van der Waals surface area contributed by atoms with Crippen LogP contribution in [0.3, 0.4) is 0 Å². The number of hydrogen-bond acceptors (Lipinski definition) is 4. The molecule has 0 rings (SSSR count). The van der Waals surface area contributed by atoms with Gasteiger partial charge in [0.25, 0.3) is 0 Å². The van der Waals surface area contributed by atoms with Crippen molar-refractivity contribution in [3.63, 3.8) is 0 Å². The highest BCUT2D eigenvalue weighted by atomic mass is 32.2. The summed E-state index contributed by atoms with van der Waals surface area (Å²) in [6.45, 7) is 1.74. The molecule has 0 aromatic carbocycles. The van der Waals surface area contributed by atoms with E-state index in [1.165, 1.54) is 0 Å². The lowest BCUT2D eigenvalue weighted by atomic mass is 10.3. The Bertz CT molecular complexity index is 238. The van der Waals surface area contributed by atoms with Gasteiger partial charge in [-0.25, -0.2) is 8.42 Å². The second-order valence-electron chi connectivity index (χ2n) is 2.52. The number of rotatable bonds is 4. The molecule has 0 amide bonds. The first kappa shape index (κ1) is 10.4. The van der Waals surface area contributed by atoms with Crippen molar-refractivity contribution >= 4 is 9.84 Å². The van der Waals surface area contributed by atoms with E-state index in [0.29, 0.717) is 6.42 Å². The van der Waals surface area contributed by atoms with E-state index in [-0.39, 0.29) is 11.8 Å². The van der Waals surface area contributed by atoms with Gasteiger partial charge in [-0.15, -0.1) is 0 Å². The van der Waals surface area contributed by atoms with Gasteiger partial charge in [0.15, 0.2) is 9.84 Å². The monoisotopic (exact) mass is 176 g/mol. The van der Waals surface area contributed by atoms with Crippen LogP contribution in [0.4, 0.5) is 0 Å². The summed E-state index contributed by atoms with van der Waals surface area (Å²) in [5, 5.41) is 8.11. The molecule has 0 saturated carbocycles. The van der Waals surface area contributed by atoms with Crippen LogP contribution in [0.5, 0.6) is 0 Å². The van der Waals surface area contributed by atoms with Gasteiger partial charge < -0.3 is 5.73 Å². The van der Waals surface area contributed by atoms with Crippen LogP contribution in [0.1, 0.15) is 13.3 Å². The summed E-state index contributed by atoms with van der Waals surface area (Å²) < 4.78 is 21.7. The molecule has 0 aliphatic carbocycles. The fraction of sp³-hybridized carbons (Fsp3) is 0.833. The van der Waals surface area contributed by atoms with Crippen molar-refractivity contribution in [2.24, 2.45) is 5.73 Å². The normalized spacial score (nSPS) is 13.9. The Hall–Kier alpha value is -0.600. The fourth-order valence-corrected chi connectivity index (χ4v) is 1.61. The molecule has 0 aliphatic heterocycles. The van der Waals surface area contributed by atoms with Crippen LogP contribution in [0.15, 0.2) is 0 Å². The molecule has 0 aromatic rings. The van der Waals surface area contributed by atoms with Gasteiger partial charge in [0, 0.05) is 6.04 Å². The molecule has 64 valence electrons. The fourth-order valence-electron chi connectivity index (χ4n) is 0.536. The van der Waals surface area contributed by atoms with Crippen LogP contribution in [-0.2, 0) is 9.84 Å². The summed E-state index contributed by atoms with van der Waals surface area (Å²) in [5.74, 6) is -0.391. The van der Waals surface area contributed by atoms with Gasteiger partial charge in [0.05, 0.1) is 11.8 Å². The minimum absolute atomic E-state index is 0.0121. The van der Waals surface area contributed by atoms with E-state index in [2.05, 4.69) is 0 Å². The van der Waals surface area contributed by atoms with E-state index in [4.69, 9.17) is 11.0 Å². The van der Waals surface area contributed by atoms with Gasteiger partial charge in [0.2, 0.25) is 0 Å². The van der Waals surface area contributed by atoms with Gasteiger partial charge in [0.1, 0.15) is 5.75 Å². The molecule has 1 atom stereocenters. The third kappa shape index (κ3) is 5.83. The average Bonchev–Trinajstić information content (AvgIpc) is 1.84. The summed E-state index contributed by atoms with van der Waals surface area (Å²) >= 11 is 0. The zero-order chi connectivity index (χ0) is 8.91.